The minimum atomic E-state index is -3.74. The summed E-state index contributed by atoms with van der Waals surface area (Å²) in [6.45, 7) is 3.35. The van der Waals surface area contributed by atoms with Gasteiger partial charge in [-0.3, -0.25) is 9.69 Å². The van der Waals surface area contributed by atoms with Gasteiger partial charge in [-0.1, -0.05) is 42.5 Å². The van der Waals surface area contributed by atoms with Gasteiger partial charge in [-0.15, -0.1) is 0 Å². The van der Waals surface area contributed by atoms with Crippen molar-refractivity contribution >= 4 is 22.0 Å². The van der Waals surface area contributed by atoms with Crippen LogP contribution in [0.4, 0.5) is 0 Å². The SMILES string of the molecule is COc1ccc(S(=O)(=O)N(C)CC(=O)N2CCN(C/C=C/c3ccccc3)CC2)cc1. The van der Waals surface area contributed by atoms with Crippen molar-refractivity contribution in [2.75, 3.05) is 53.4 Å². The predicted molar refractivity (Wildman–Crippen MR) is 121 cm³/mol. The summed E-state index contributed by atoms with van der Waals surface area (Å²) in [5.74, 6) is 0.397. The van der Waals surface area contributed by atoms with Gasteiger partial charge in [0.05, 0.1) is 18.6 Å². The number of piperazine rings is 1. The molecule has 0 unspecified atom stereocenters. The van der Waals surface area contributed by atoms with Crippen LogP contribution in [0.1, 0.15) is 5.56 Å². The van der Waals surface area contributed by atoms with Gasteiger partial charge in [-0.25, -0.2) is 8.42 Å². The third kappa shape index (κ3) is 6.16. The first-order chi connectivity index (χ1) is 14.9. The van der Waals surface area contributed by atoms with Crippen LogP contribution in [0.15, 0.2) is 65.6 Å². The summed E-state index contributed by atoms with van der Waals surface area (Å²) in [6.07, 6.45) is 4.22. The van der Waals surface area contributed by atoms with Gasteiger partial charge in [-0.2, -0.15) is 4.31 Å². The molecule has 8 heteroatoms. The molecule has 1 fully saturated rings. The molecule has 0 radical (unpaired) electrons. The van der Waals surface area contributed by atoms with Crippen LogP contribution in [0, 0.1) is 0 Å². The highest BCUT2D eigenvalue weighted by Gasteiger charge is 2.27. The van der Waals surface area contributed by atoms with E-state index in [4.69, 9.17) is 4.74 Å². The fourth-order valence-electron chi connectivity index (χ4n) is 3.38. The molecule has 0 spiro atoms. The normalized spacial score (nSPS) is 15.5. The van der Waals surface area contributed by atoms with Crippen molar-refractivity contribution in [3.8, 4) is 5.75 Å². The standard InChI is InChI=1S/C23H29N3O4S/c1-24(31(28,29)22-12-10-21(30-2)11-13-22)19-23(27)26-17-15-25(16-18-26)14-6-9-20-7-4-3-5-8-20/h3-13H,14-19H2,1-2H3/b9-6+. The van der Waals surface area contributed by atoms with E-state index in [1.165, 1.54) is 26.3 Å². The Bertz CT molecular complexity index is 983. The lowest BCUT2D eigenvalue weighted by Crippen LogP contribution is -2.51. The number of likely N-dealkylation sites (N-methyl/N-ethyl adjacent to an activating group) is 1. The highest BCUT2D eigenvalue weighted by molar-refractivity contribution is 7.89. The molecule has 1 aliphatic rings. The average molecular weight is 444 g/mol. The van der Waals surface area contributed by atoms with Gasteiger partial charge >= 0.3 is 0 Å². The number of carbonyl (C=O) groups is 1. The second kappa shape index (κ2) is 10.6. The molecule has 1 amide bonds. The van der Waals surface area contributed by atoms with Crippen molar-refractivity contribution in [3.05, 3.63) is 66.2 Å². The van der Waals surface area contributed by atoms with E-state index in [9.17, 15) is 13.2 Å². The quantitative estimate of drug-likeness (QED) is 0.626. The molecular formula is C23H29N3O4S. The summed E-state index contributed by atoms with van der Waals surface area (Å²) in [7, 11) is -0.782. The minimum Gasteiger partial charge on any atom is -0.497 e. The first-order valence-corrected chi connectivity index (χ1v) is 11.7. The largest absolute Gasteiger partial charge is 0.497 e. The van der Waals surface area contributed by atoms with Crippen LogP contribution in [-0.4, -0.2) is 81.9 Å². The number of ether oxygens (including phenoxy) is 1. The lowest BCUT2D eigenvalue weighted by Gasteiger charge is -2.34. The molecule has 166 valence electrons. The summed E-state index contributed by atoms with van der Waals surface area (Å²) in [4.78, 5) is 16.8. The first kappa shape index (κ1) is 23.0. The van der Waals surface area contributed by atoms with E-state index in [1.807, 2.05) is 18.2 Å². The molecule has 1 aliphatic heterocycles. The summed E-state index contributed by atoms with van der Waals surface area (Å²) in [6, 6.07) is 16.3. The third-order valence-electron chi connectivity index (χ3n) is 5.32. The lowest BCUT2D eigenvalue weighted by atomic mass is 10.2. The molecule has 1 saturated heterocycles. The maximum absolute atomic E-state index is 12.7. The Morgan fingerprint density at radius 3 is 2.29 bits per heavy atom. The Kier molecular flexibility index (Phi) is 7.84. The number of carbonyl (C=O) groups excluding carboxylic acids is 1. The molecule has 2 aromatic carbocycles. The number of rotatable bonds is 8. The molecule has 1 heterocycles. The molecule has 2 aromatic rings. The molecule has 0 atom stereocenters. The number of hydrogen-bond acceptors (Lipinski definition) is 5. The van der Waals surface area contributed by atoms with Crippen molar-refractivity contribution < 1.29 is 17.9 Å². The molecule has 0 aromatic heterocycles. The Morgan fingerprint density at radius 2 is 1.68 bits per heavy atom. The van der Waals surface area contributed by atoms with Crippen molar-refractivity contribution in [1.29, 1.82) is 0 Å². The minimum absolute atomic E-state index is 0.138. The Balaban J connectivity index is 1.48. The molecule has 7 nitrogen and oxygen atoms in total. The fourth-order valence-corrected chi connectivity index (χ4v) is 4.51. The highest BCUT2D eigenvalue weighted by atomic mass is 32.2. The van der Waals surface area contributed by atoms with Crippen molar-refractivity contribution in [1.82, 2.24) is 14.1 Å². The van der Waals surface area contributed by atoms with E-state index in [2.05, 4.69) is 29.2 Å². The second-order valence-electron chi connectivity index (χ2n) is 7.43. The van der Waals surface area contributed by atoms with E-state index in [0.717, 1.165) is 29.5 Å². The van der Waals surface area contributed by atoms with Gasteiger partial charge in [0.1, 0.15) is 5.75 Å². The summed E-state index contributed by atoms with van der Waals surface area (Å²) in [5.41, 5.74) is 1.16. The van der Waals surface area contributed by atoms with Crippen LogP contribution >= 0.6 is 0 Å². The van der Waals surface area contributed by atoms with E-state index >= 15 is 0 Å². The van der Waals surface area contributed by atoms with Gasteiger partial charge < -0.3 is 9.64 Å². The number of methoxy groups -OCH3 is 1. The van der Waals surface area contributed by atoms with Gasteiger partial charge in [-0.05, 0) is 29.8 Å². The smallest absolute Gasteiger partial charge is 0.243 e. The van der Waals surface area contributed by atoms with Crippen LogP contribution in [0.3, 0.4) is 0 Å². The Labute approximate surface area is 184 Å². The monoisotopic (exact) mass is 443 g/mol. The van der Waals surface area contributed by atoms with Crippen LogP contribution in [0.5, 0.6) is 5.75 Å². The van der Waals surface area contributed by atoms with Gasteiger partial charge in [0.25, 0.3) is 0 Å². The van der Waals surface area contributed by atoms with Crippen molar-refractivity contribution in [2.45, 2.75) is 4.90 Å². The average Bonchev–Trinajstić information content (AvgIpc) is 2.80. The van der Waals surface area contributed by atoms with Crippen LogP contribution in [0.2, 0.25) is 0 Å². The number of benzene rings is 2. The van der Waals surface area contributed by atoms with Crippen molar-refractivity contribution in [2.24, 2.45) is 0 Å². The number of nitrogens with zero attached hydrogens (tertiary/aromatic N) is 3. The molecule has 0 bridgehead atoms. The topological polar surface area (TPSA) is 70.2 Å². The third-order valence-corrected chi connectivity index (χ3v) is 7.14. The van der Waals surface area contributed by atoms with Crippen LogP contribution in [0.25, 0.3) is 6.08 Å². The van der Waals surface area contributed by atoms with Crippen molar-refractivity contribution in [3.63, 3.8) is 0 Å². The summed E-state index contributed by atoms with van der Waals surface area (Å²) in [5, 5.41) is 0. The summed E-state index contributed by atoms with van der Waals surface area (Å²) < 4.78 is 31.6. The second-order valence-corrected chi connectivity index (χ2v) is 9.48. The predicted octanol–water partition coefficient (Wildman–Crippen LogP) is 2.17. The Morgan fingerprint density at radius 1 is 1.03 bits per heavy atom. The van der Waals surface area contributed by atoms with Crippen LogP contribution in [-0.2, 0) is 14.8 Å². The highest BCUT2D eigenvalue weighted by Crippen LogP contribution is 2.18. The molecule has 0 aliphatic carbocycles. The summed E-state index contributed by atoms with van der Waals surface area (Å²) >= 11 is 0. The molecule has 31 heavy (non-hydrogen) atoms. The van der Waals surface area contributed by atoms with Gasteiger partial charge in [0.15, 0.2) is 0 Å². The zero-order chi connectivity index (χ0) is 22.3. The van der Waals surface area contributed by atoms with E-state index in [-0.39, 0.29) is 17.3 Å². The first-order valence-electron chi connectivity index (χ1n) is 10.2. The van der Waals surface area contributed by atoms with Crippen LogP contribution < -0.4 is 4.74 Å². The molecule has 0 N–H and O–H groups in total. The van der Waals surface area contributed by atoms with E-state index in [1.54, 1.807) is 17.0 Å². The molecular weight excluding hydrogens is 414 g/mol. The zero-order valence-corrected chi connectivity index (χ0v) is 18.8. The maximum Gasteiger partial charge on any atom is 0.243 e. The lowest BCUT2D eigenvalue weighted by molar-refractivity contribution is -0.132. The van der Waals surface area contributed by atoms with Gasteiger partial charge in [0, 0.05) is 39.8 Å². The Hall–Kier alpha value is -2.68. The number of hydrogen-bond donors (Lipinski definition) is 0. The molecule has 3 rings (SSSR count). The fraction of sp³-hybridized carbons (Fsp3) is 0.348. The van der Waals surface area contributed by atoms with E-state index in [0.29, 0.717) is 18.8 Å². The van der Waals surface area contributed by atoms with E-state index < -0.39 is 10.0 Å². The molecule has 0 saturated carbocycles. The number of amides is 1. The maximum atomic E-state index is 12.7. The number of sulfonamides is 1. The van der Waals surface area contributed by atoms with Gasteiger partial charge in [0.2, 0.25) is 15.9 Å². The zero-order valence-electron chi connectivity index (χ0n) is 18.0.